The van der Waals surface area contributed by atoms with Crippen LogP contribution in [0.1, 0.15) is 27.2 Å². The van der Waals surface area contributed by atoms with E-state index in [1.165, 1.54) is 14.6 Å². The van der Waals surface area contributed by atoms with Crippen LogP contribution in [0.15, 0.2) is 30.3 Å². The number of nitrogens with zero attached hydrogens (tertiary/aromatic N) is 1. The molecule has 0 radical (unpaired) electrons. The highest BCUT2D eigenvalue weighted by molar-refractivity contribution is 14.1. The first-order valence-electron chi connectivity index (χ1n) is 7.60. The summed E-state index contributed by atoms with van der Waals surface area (Å²) in [5.74, 6) is 0. The summed E-state index contributed by atoms with van der Waals surface area (Å²) in [4.78, 5) is 0. The molecule has 0 saturated heterocycles. The van der Waals surface area contributed by atoms with Crippen LogP contribution in [0.25, 0.3) is 10.9 Å². The van der Waals surface area contributed by atoms with Gasteiger partial charge in [-0.2, -0.15) is 0 Å². The van der Waals surface area contributed by atoms with E-state index in [0.717, 1.165) is 19.6 Å². The third-order valence-corrected chi connectivity index (χ3v) is 9.99. The van der Waals surface area contributed by atoms with Crippen LogP contribution in [-0.2, 0) is 11.0 Å². The molecule has 4 heteroatoms. The van der Waals surface area contributed by atoms with E-state index in [2.05, 4.69) is 91.4 Å². The van der Waals surface area contributed by atoms with E-state index in [1.54, 1.807) is 0 Å². The summed E-state index contributed by atoms with van der Waals surface area (Å²) in [6.07, 6.45) is 1.07. The van der Waals surface area contributed by atoms with E-state index in [-0.39, 0.29) is 0 Å². The predicted octanol–water partition coefficient (Wildman–Crippen LogP) is 5.66. The molecule has 0 fully saturated rings. The molecule has 0 amide bonds. The van der Waals surface area contributed by atoms with Gasteiger partial charge < -0.3 is 8.99 Å². The van der Waals surface area contributed by atoms with Gasteiger partial charge >= 0.3 is 0 Å². The lowest BCUT2D eigenvalue weighted by atomic mass is 10.2. The molecule has 0 atom stereocenters. The summed E-state index contributed by atoms with van der Waals surface area (Å²) in [5, 5.41) is 1.62. The molecule has 116 valence electrons. The molecule has 1 heterocycles. The van der Waals surface area contributed by atoms with Gasteiger partial charge in [-0.05, 0) is 59.3 Å². The Morgan fingerprint density at radius 2 is 1.86 bits per heavy atom. The Kier molecular flexibility index (Phi) is 5.21. The monoisotopic (exact) mass is 415 g/mol. The number of rotatable bonds is 5. The molecule has 1 aromatic carbocycles. The van der Waals surface area contributed by atoms with Crippen LogP contribution in [0.3, 0.4) is 0 Å². The predicted molar refractivity (Wildman–Crippen MR) is 102 cm³/mol. The summed E-state index contributed by atoms with van der Waals surface area (Å²) >= 11 is 2.43. The fourth-order valence-corrected chi connectivity index (χ4v) is 4.09. The Hall–Kier alpha value is -0.333. The molecular formula is C17H26INOSi. The number of hydrogen-bond acceptors (Lipinski definition) is 1. The number of aromatic nitrogens is 1. The van der Waals surface area contributed by atoms with Crippen molar-refractivity contribution in [2.45, 2.75) is 51.9 Å². The number of halogens is 1. The SMILES string of the molecule is CC(C)(C)[Si](C)(C)OCCCn1c(I)cc2ccccc21. The lowest BCUT2D eigenvalue weighted by molar-refractivity contribution is 0.275. The number of aryl methyl sites for hydroxylation is 1. The molecule has 0 spiro atoms. The molecule has 0 aliphatic heterocycles. The van der Waals surface area contributed by atoms with Gasteiger partial charge in [0, 0.05) is 24.1 Å². The standard InChI is InChI=1S/C17H26INOSi/c1-17(2,3)21(4,5)20-12-8-11-19-15-10-7-6-9-14(15)13-16(19)18/h6-7,9-10,13H,8,11-12H2,1-5H3. The van der Waals surface area contributed by atoms with Gasteiger partial charge in [-0.25, -0.2) is 0 Å². The lowest BCUT2D eigenvalue weighted by Gasteiger charge is -2.36. The normalized spacial score (nSPS) is 13.0. The van der Waals surface area contributed by atoms with Crippen molar-refractivity contribution in [2.24, 2.45) is 0 Å². The maximum absolute atomic E-state index is 6.27. The van der Waals surface area contributed by atoms with Crippen molar-refractivity contribution in [1.82, 2.24) is 4.57 Å². The summed E-state index contributed by atoms with van der Waals surface area (Å²) in [6.45, 7) is 13.4. The molecule has 2 rings (SSSR count). The van der Waals surface area contributed by atoms with Crippen molar-refractivity contribution in [1.29, 1.82) is 0 Å². The molecule has 0 aliphatic carbocycles. The minimum absolute atomic E-state index is 0.293. The van der Waals surface area contributed by atoms with E-state index in [1.807, 2.05) is 0 Å². The van der Waals surface area contributed by atoms with Crippen LogP contribution in [0.4, 0.5) is 0 Å². The Balaban J connectivity index is 1.96. The third-order valence-electron chi connectivity index (χ3n) is 4.56. The molecule has 0 unspecified atom stereocenters. The molecular weight excluding hydrogens is 389 g/mol. The summed E-state index contributed by atoms with van der Waals surface area (Å²) in [7, 11) is -1.61. The van der Waals surface area contributed by atoms with E-state index >= 15 is 0 Å². The third kappa shape index (κ3) is 3.90. The first-order chi connectivity index (χ1) is 9.72. The molecule has 2 aromatic rings. The van der Waals surface area contributed by atoms with Crippen molar-refractivity contribution in [3.63, 3.8) is 0 Å². The van der Waals surface area contributed by atoms with Gasteiger partial charge in [0.25, 0.3) is 0 Å². The second kappa shape index (κ2) is 6.42. The Morgan fingerprint density at radius 1 is 1.19 bits per heavy atom. The van der Waals surface area contributed by atoms with Gasteiger partial charge in [-0.15, -0.1) is 0 Å². The minimum Gasteiger partial charge on any atom is -0.417 e. The average molecular weight is 415 g/mol. The van der Waals surface area contributed by atoms with Gasteiger partial charge in [0.2, 0.25) is 0 Å². The molecule has 0 bridgehead atoms. The second-order valence-electron chi connectivity index (χ2n) is 7.14. The first kappa shape index (κ1) is 17.0. The van der Waals surface area contributed by atoms with E-state index < -0.39 is 8.32 Å². The maximum atomic E-state index is 6.27. The van der Waals surface area contributed by atoms with Gasteiger partial charge in [0.15, 0.2) is 8.32 Å². The number of para-hydroxylation sites is 1. The first-order valence-corrected chi connectivity index (χ1v) is 11.6. The number of fused-ring (bicyclic) bond motifs is 1. The highest BCUT2D eigenvalue weighted by Crippen LogP contribution is 2.36. The Bertz CT molecular complexity index is 613. The smallest absolute Gasteiger partial charge is 0.191 e. The topological polar surface area (TPSA) is 14.2 Å². The van der Waals surface area contributed by atoms with Gasteiger partial charge in [0.05, 0.1) is 3.70 Å². The molecule has 21 heavy (non-hydrogen) atoms. The van der Waals surface area contributed by atoms with E-state index in [4.69, 9.17) is 4.43 Å². The molecule has 1 aromatic heterocycles. The van der Waals surface area contributed by atoms with Crippen molar-refractivity contribution in [3.8, 4) is 0 Å². The van der Waals surface area contributed by atoms with Crippen molar-refractivity contribution >= 4 is 41.8 Å². The van der Waals surface area contributed by atoms with Crippen molar-refractivity contribution in [2.75, 3.05) is 6.61 Å². The number of hydrogen-bond donors (Lipinski definition) is 0. The maximum Gasteiger partial charge on any atom is 0.191 e. The zero-order chi connectivity index (χ0) is 15.7. The van der Waals surface area contributed by atoms with Crippen LogP contribution in [0, 0.1) is 3.70 Å². The largest absolute Gasteiger partial charge is 0.417 e. The Morgan fingerprint density at radius 3 is 2.52 bits per heavy atom. The zero-order valence-corrected chi connectivity index (χ0v) is 16.9. The molecule has 2 nitrogen and oxygen atoms in total. The van der Waals surface area contributed by atoms with E-state index in [9.17, 15) is 0 Å². The van der Waals surface area contributed by atoms with Crippen molar-refractivity contribution in [3.05, 3.63) is 34.0 Å². The van der Waals surface area contributed by atoms with Crippen LogP contribution < -0.4 is 0 Å². The van der Waals surface area contributed by atoms with Gasteiger partial charge in [-0.3, -0.25) is 0 Å². The van der Waals surface area contributed by atoms with Crippen LogP contribution in [-0.4, -0.2) is 19.5 Å². The van der Waals surface area contributed by atoms with Gasteiger partial charge in [-0.1, -0.05) is 39.0 Å². The minimum atomic E-state index is -1.61. The fraction of sp³-hybridized carbons (Fsp3) is 0.529. The lowest BCUT2D eigenvalue weighted by Crippen LogP contribution is -2.41. The van der Waals surface area contributed by atoms with Gasteiger partial charge in [0.1, 0.15) is 0 Å². The van der Waals surface area contributed by atoms with Crippen LogP contribution >= 0.6 is 22.6 Å². The van der Waals surface area contributed by atoms with E-state index in [0.29, 0.717) is 5.04 Å². The molecule has 0 N–H and O–H groups in total. The highest BCUT2D eigenvalue weighted by Gasteiger charge is 2.36. The fourth-order valence-electron chi connectivity index (χ4n) is 2.17. The Labute approximate surface area is 143 Å². The molecule has 0 aliphatic rings. The zero-order valence-electron chi connectivity index (χ0n) is 13.7. The average Bonchev–Trinajstić information content (AvgIpc) is 2.69. The van der Waals surface area contributed by atoms with Crippen LogP contribution in [0.2, 0.25) is 18.1 Å². The summed E-state index contributed by atoms with van der Waals surface area (Å²) in [5.41, 5.74) is 1.33. The molecule has 0 saturated carbocycles. The number of benzene rings is 1. The summed E-state index contributed by atoms with van der Waals surface area (Å²) < 4.78 is 9.97. The summed E-state index contributed by atoms with van der Waals surface area (Å²) in [6, 6.07) is 10.8. The van der Waals surface area contributed by atoms with Crippen LogP contribution in [0.5, 0.6) is 0 Å². The second-order valence-corrected chi connectivity index (χ2v) is 13.1. The quantitative estimate of drug-likeness (QED) is 0.349. The highest BCUT2D eigenvalue weighted by atomic mass is 127. The van der Waals surface area contributed by atoms with Crippen molar-refractivity contribution < 1.29 is 4.43 Å².